The van der Waals surface area contributed by atoms with Gasteiger partial charge in [-0.25, -0.2) is 8.42 Å². The van der Waals surface area contributed by atoms with Crippen LogP contribution in [0.5, 0.6) is 0 Å². The van der Waals surface area contributed by atoms with Gasteiger partial charge in [-0.15, -0.1) is 0 Å². The minimum Gasteiger partial charge on any atom is -0.207 e. The van der Waals surface area contributed by atoms with Gasteiger partial charge in [-0.2, -0.15) is 4.31 Å². The summed E-state index contributed by atoms with van der Waals surface area (Å²) in [7, 11) is -3.68. The third-order valence-electron chi connectivity index (χ3n) is 6.60. The van der Waals surface area contributed by atoms with Crippen molar-refractivity contribution in [1.29, 1.82) is 0 Å². The van der Waals surface area contributed by atoms with Crippen molar-refractivity contribution in [2.45, 2.75) is 23.9 Å². The van der Waals surface area contributed by atoms with Gasteiger partial charge in [0.05, 0.1) is 17.0 Å². The SMILES string of the molecule is Cc1ccc(S(=O)(=O)N2[C@H](c3ccccc3)[C@@H]2c2c3ccccc3cc3ccccc23)cc1. The normalized spacial score (nSPS) is 20.2. The fourth-order valence-electron chi connectivity index (χ4n) is 4.97. The summed E-state index contributed by atoms with van der Waals surface area (Å²) in [5, 5.41) is 4.45. The molecule has 0 spiro atoms. The van der Waals surface area contributed by atoms with Gasteiger partial charge in [0.25, 0.3) is 0 Å². The van der Waals surface area contributed by atoms with Crippen molar-refractivity contribution in [2.24, 2.45) is 0 Å². The Morgan fingerprint density at radius 1 is 0.636 bits per heavy atom. The molecular formula is C29H23NO2S. The number of rotatable bonds is 4. The van der Waals surface area contributed by atoms with Crippen LogP contribution >= 0.6 is 0 Å². The largest absolute Gasteiger partial charge is 0.244 e. The Kier molecular flexibility index (Phi) is 4.61. The summed E-state index contributed by atoms with van der Waals surface area (Å²) in [6, 6.07) is 35.3. The van der Waals surface area contributed by atoms with E-state index in [9.17, 15) is 8.42 Å². The molecule has 162 valence electrons. The molecular weight excluding hydrogens is 426 g/mol. The van der Waals surface area contributed by atoms with Crippen molar-refractivity contribution in [3.05, 3.63) is 126 Å². The van der Waals surface area contributed by atoms with Crippen LogP contribution in [0.4, 0.5) is 0 Å². The second-order valence-corrected chi connectivity index (χ2v) is 10.5. The number of fused-ring (bicyclic) bond motifs is 2. The minimum atomic E-state index is -3.68. The van der Waals surface area contributed by atoms with Gasteiger partial charge in [0, 0.05) is 0 Å². The Labute approximate surface area is 194 Å². The molecule has 1 heterocycles. The lowest BCUT2D eigenvalue weighted by Crippen LogP contribution is -2.13. The van der Waals surface area contributed by atoms with Crippen LogP contribution in [0, 0.1) is 6.92 Å². The van der Waals surface area contributed by atoms with Gasteiger partial charge in [0.1, 0.15) is 0 Å². The molecule has 0 saturated carbocycles. The summed E-state index contributed by atoms with van der Waals surface area (Å²) in [5.74, 6) is 0. The molecule has 1 unspecified atom stereocenters. The molecule has 33 heavy (non-hydrogen) atoms. The molecule has 6 rings (SSSR count). The fraction of sp³-hybridized carbons (Fsp3) is 0.103. The van der Waals surface area contributed by atoms with Gasteiger partial charge in [0.15, 0.2) is 0 Å². The monoisotopic (exact) mass is 449 g/mol. The molecule has 3 nitrogen and oxygen atoms in total. The molecule has 1 saturated heterocycles. The Morgan fingerprint density at radius 3 is 1.79 bits per heavy atom. The third-order valence-corrected chi connectivity index (χ3v) is 8.48. The van der Waals surface area contributed by atoms with Crippen molar-refractivity contribution in [3.63, 3.8) is 0 Å². The maximum atomic E-state index is 13.9. The van der Waals surface area contributed by atoms with Crippen molar-refractivity contribution >= 4 is 31.6 Å². The van der Waals surface area contributed by atoms with Crippen LogP contribution in [-0.2, 0) is 10.0 Å². The number of nitrogens with zero attached hydrogens (tertiary/aromatic N) is 1. The van der Waals surface area contributed by atoms with E-state index < -0.39 is 10.0 Å². The zero-order valence-corrected chi connectivity index (χ0v) is 19.0. The smallest absolute Gasteiger partial charge is 0.207 e. The van der Waals surface area contributed by atoms with Gasteiger partial charge in [-0.1, -0.05) is 96.6 Å². The highest BCUT2D eigenvalue weighted by atomic mass is 32.2. The lowest BCUT2D eigenvalue weighted by atomic mass is 9.92. The summed E-state index contributed by atoms with van der Waals surface area (Å²) < 4.78 is 29.4. The highest BCUT2D eigenvalue weighted by molar-refractivity contribution is 7.89. The Bertz CT molecular complexity index is 1540. The highest BCUT2D eigenvalue weighted by Gasteiger charge is 2.57. The molecule has 4 heteroatoms. The molecule has 1 aliphatic heterocycles. The van der Waals surface area contributed by atoms with Gasteiger partial charge in [-0.05, 0) is 57.8 Å². The highest BCUT2D eigenvalue weighted by Crippen LogP contribution is 2.60. The van der Waals surface area contributed by atoms with Crippen molar-refractivity contribution < 1.29 is 8.42 Å². The van der Waals surface area contributed by atoms with E-state index >= 15 is 0 Å². The quantitative estimate of drug-likeness (QED) is 0.224. The number of aryl methyl sites for hydroxylation is 1. The lowest BCUT2D eigenvalue weighted by molar-refractivity contribution is 0.547. The maximum absolute atomic E-state index is 13.9. The Morgan fingerprint density at radius 2 is 1.18 bits per heavy atom. The summed E-state index contributed by atoms with van der Waals surface area (Å²) >= 11 is 0. The molecule has 0 aliphatic carbocycles. The molecule has 1 fully saturated rings. The summed E-state index contributed by atoms with van der Waals surface area (Å²) in [6.45, 7) is 1.96. The first-order valence-corrected chi connectivity index (χ1v) is 12.6. The van der Waals surface area contributed by atoms with Crippen molar-refractivity contribution in [1.82, 2.24) is 4.31 Å². The molecule has 3 atom stereocenters. The molecule has 5 aromatic rings. The van der Waals surface area contributed by atoms with Crippen molar-refractivity contribution in [2.75, 3.05) is 0 Å². The average molecular weight is 450 g/mol. The summed E-state index contributed by atoms with van der Waals surface area (Å²) in [4.78, 5) is 0.334. The first kappa shape index (κ1) is 20.2. The summed E-state index contributed by atoms with van der Waals surface area (Å²) in [5.41, 5.74) is 3.12. The van der Waals surface area contributed by atoms with Crippen LogP contribution in [-0.4, -0.2) is 12.7 Å². The molecule has 1 aliphatic rings. The van der Waals surface area contributed by atoms with Crippen LogP contribution in [0.2, 0.25) is 0 Å². The van der Waals surface area contributed by atoms with Gasteiger partial charge in [0.2, 0.25) is 10.0 Å². The van der Waals surface area contributed by atoms with E-state index in [1.165, 1.54) is 0 Å². The Hall–Kier alpha value is -3.47. The summed E-state index contributed by atoms with van der Waals surface area (Å²) in [6.07, 6.45) is 0. The first-order valence-electron chi connectivity index (χ1n) is 11.1. The van der Waals surface area contributed by atoms with Crippen molar-refractivity contribution in [3.8, 4) is 0 Å². The van der Waals surface area contributed by atoms with Gasteiger partial charge in [-0.3, -0.25) is 0 Å². The zero-order valence-electron chi connectivity index (χ0n) is 18.2. The number of sulfonamides is 1. The van der Waals surface area contributed by atoms with E-state index in [1.807, 2.05) is 73.7 Å². The number of hydrogen-bond donors (Lipinski definition) is 0. The first-order chi connectivity index (χ1) is 16.1. The van der Waals surface area contributed by atoms with E-state index in [-0.39, 0.29) is 12.1 Å². The van der Waals surface area contributed by atoms with Gasteiger partial charge >= 0.3 is 0 Å². The van der Waals surface area contributed by atoms with E-state index in [1.54, 1.807) is 16.4 Å². The topological polar surface area (TPSA) is 37.1 Å². The fourth-order valence-corrected chi connectivity index (χ4v) is 6.70. The molecule has 5 aromatic carbocycles. The van der Waals surface area contributed by atoms with Crippen LogP contribution < -0.4 is 0 Å². The molecule has 0 N–H and O–H groups in total. The van der Waals surface area contributed by atoms with Crippen LogP contribution in [0.15, 0.2) is 114 Å². The molecule has 0 radical (unpaired) electrons. The molecule has 0 bridgehead atoms. The predicted octanol–water partition coefficient (Wildman–Crippen LogP) is 6.79. The zero-order chi connectivity index (χ0) is 22.6. The standard InChI is InChI=1S/C29H23NO2S/c1-20-15-17-24(18-16-20)33(31,32)30-28(21-9-3-2-4-10-21)29(30)27-25-13-7-5-11-22(25)19-23-12-6-8-14-26(23)27/h2-19,28-29H,1H3/t28-,29+,30?/m1/s1. The van der Waals surface area contributed by atoms with E-state index in [2.05, 4.69) is 30.3 Å². The maximum Gasteiger partial charge on any atom is 0.244 e. The minimum absolute atomic E-state index is 0.244. The van der Waals surface area contributed by atoms with Crippen LogP contribution in [0.25, 0.3) is 21.5 Å². The average Bonchev–Trinajstić information content (AvgIpc) is 3.59. The lowest BCUT2D eigenvalue weighted by Gasteiger charge is -2.12. The van der Waals surface area contributed by atoms with Gasteiger partial charge < -0.3 is 0 Å². The van der Waals surface area contributed by atoms with E-state index in [4.69, 9.17) is 0 Å². The number of benzene rings is 5. The third kappa shape index (κ3) is 3.26. The number of hydrogen-bond acceptors (Lipinski definition) is 2. The van der Waals surface area contributed by atoms with E-state index in [0.29, 0.717) is 4.90 Å². The van der Waals surface area contributed by atoms with Crippen LogP contribution in [0.3, 0.4) is 0 Å². The molecule has 0 aromatic heterocycles. The predicted molar refractivity (Wildman–Crippen MR) is 134 cm³/mol. The second kappa shape index (κ2) is 7.55. The Balaban J connectivity index is 1.60. The second-order valence-electron chi connectivity index (χ2n) is 8.68. The van der Waals surface area contributed by atoms with Crippen LogP contribution in [0.1, 0.15) is 28.8 Å². The molecule has 0 amide bonds. The van der Waals surface area contributed by atoms with E-state index in [0.717, 1.165) is 38.2 Å².